The van der Waals surface area contributed by atoms with Crippen LogP contribution >= 0.6 is 0 Å². The van der Waals surface area contributed by atoms with Gasteiger partial charge in [-0.15, -0.1) is 0 Å². The second-order valence-corrected chi connectivity index (χ2v) is 4.25. The van der Waals surface area contributed by atoms with E-state index in [4.69, 9.17) is 0 Å². The minimum atomic E-state index is 0.712. The number of allylic oxidation sites excluding steroid dienone is 2. The molecular formula is C10H16. The van der Waals surface area contributed by atoms with Crippen LogP contribution in [0.15, 0.2) is 11.1 Å². The van der Waals surface area contributed by atoms with Crippen LogP contribution in [0.4, 0.5) is 0 Å². The zero-order chi connectivity index (χ0) is 7.35. The van der Waals surface area contributed by atoms with E-state index in [1.807, 2.05) is 5.57 Å². The van der Waals surface area contributed by atoms with Gasteiger partial charge < -0.3 is 0 Å². The zero-order valence-corrected chi connectivity index (χ0v) is 7.20. The van der Waals surface area contributed by atoms with Crippen molar-refractivity contribution in [2.45, 2.75) is 40.0 Å². The van der Waals surface area contributed by atoms with Crippen molar-refractivity contribution in [3.63, 3.8) is 0 Å². The molecule has 56 valence electrons. The molecule has 0 aromatic heterocycles. The summed E-state index contributed by atoms with van der Waals surface area (Å²) in [5.41, 5.74) is 4.22. The Bertz CT molecular complexity index is 198. The third-order valence-electron chi connectivity index (χ3n) is 3.53. The molecule has 2 aliphatic rings. The molecule has 0 heteroatoms. The Morgan fingerprint density at radius 3 is 2.30 bits per heavy atom. The maximum absolute atomic E-state index is 2.37. The monoisotopic (exact) mass is 136 g/mol. The molecule has 0 N–H and O–H groups in total. The molecule has 2 rings (SSSR count). The van der Waals surface area contributed by atoms with Crippen LogP contribution in [0.2, 0.25) is 0 Å². The van der Waals surface area contributed by atoms with Crippen molar-refractivity contribution in [3.05, 3.63) is 11.1 Å². The van der Waals surface area contributed by atoms with Crippen molar-refractivity contribution in [1.29, 1.82) is 0 Å². The first kappa shape index (κ1) is 6.45. The topological polar surface area (TPSA) is 0 Å². The molecule has 0 aliphatic heterocycles. The number of fused-ring (bicyclic) bond motifs is 1. The Morgan fingerprint density at radius 2 is 2.10 bits per heavy atom. The molecule has 0 heterocycles. The minimum Gasteiger partial charge on any atom is -0.0735 e. The van der Waals surface area contributed by atoms with Crippen LogP contribution in [0.25, 0.3) is 0 Å². The third-order valence-corrected chi connectivity index (χ3v) is 3.53. The molecule has 0 nitrogen and oxygen atoms in total. The second kappa shape index (κ2) is 1.66. The SMILES string of the molecule is CC1=C2CC2(C(C)C)CC1. The molecule has 10 heavy (non-hydrogen) atoms. The van der Waals surface area contributed by atoms with Crippen molar-refractivity contribution < 1.29 is 0 Å². The maximum atomic E-state index is 2.37. The van der Waals surface area contributed by atoms with Gasteiger partial charge in [0, 0.05) is 0 Å². The highest BCUT2D eigenvalue weighted by molar-refractivity contribution is 5.42. The molecule has 1 atom stereocenters. The largest absolute Gasteiger partial charge is 0.0735 e. The van der Waals surface area contributed by atoms with Crippen LogP contribution in [0.5, 0.6) is 0 Å². The van der Waals surface area contributed by atoms with Gasteiger partial charge in [-0.1, -0.05) is 25.0 Å². The lowest BCUT2D eigenvalue weighted by Gasteiger charge is -2.14. The first-order chi connectivity index (χ1) is 4.67. The van der Waals surface area contributed by atoms with Gasteiger partial charge in [0.15, 0.2) is 0 Å². The molecule has 0 radical (unpaired) electrons. The minimum absolute atomic E-state index is 0.712. The first-order valence-corrected chi connectivity index (χ1v) is 4.36. The Balaban J connectivity index is 2.27. The van der Waals surface area contributed by atoms with Crippen LogP contribution < -0.4 is 0 Å². The summed E-state index contributed by atoms with van der Waals surface area (Å²) in [4.78, 5) is 0. The van der Waals surface area contributed by atoms with Crippen LogP contribution in [0.1, 0.15) is 40.0 Å². The van der Waals surface area contributed by atoms with E-state index in [1.165, 1.54) is 19.3 Å². The maximum Gasteiger partial charge on any atom is -0.00218 e. The molecule has 0 spiro atoms. The predicted octanol–water partition coefficient (Wildman–Crippen LogP) is 3.14. The summed E-state index contributed by atoms with van der Waals surface area (Å²) < 4.78 is 0. The lowest BCUT2D eigenvalue weighted by Crippen LogP contribution is -2.06. The summed E-state index contributed by atoms with van der Waals surface area (Å²) in [6.07, 6.45) is 4.26. The van der Waals surface area contributed by atoms with Gasteiger partial charge in [0.25, 0.3) is 0 Å². The number of hydrogen-bond acceptors (Lipinski definition) is 0. The van der Waals surface area contributed by atoms with E-state index in [2.05, 4.69) is 20.8 Å². The van der Waals surface area contributed by atoms with Gasteiger partial charge in [-0.3, -0.25) is 0 Å². The van der Waals surface area contributed by atoms with E-state index >= 15 is 0 Å². The Labute approximate surface area is 63.3 Å². The lowest BCUT2D eigenvalue weighted by atomic mass is 9.90. The standard InChI is InChI=1S/C10H16/c1-7(2)10-5-4-8(3)9(10)6-10/h7H,4-6H2,1-3H3. The van der Waals surface area contributed by atoms with Crippen molar-refractivity contribution in [1.82, 2.24) is 0 Å². The molecular weight excluding hydrogens is 120 g/mol. The van der Waals surface area contributed by atoms with Gasteiger partial charge in [-0.25, -0.2) is 0 Å². The summed E-state index contributed by atoms with van der Waals surface area (Å²) in [5.74, 6) is 0.889. The summed E-state index contributed by atoms with van der Waals surface area (Å²) in [6, 6.07) is 0. The van der Waals surface area contributed by atoms with Gasteiger partial charge in [0.2, 0.25) is 0 Å². The molecule has 0 bridgehead atoms. The van der Waals surface area contributed by atoms with Gasteiger partial charge in [-0.2, -0.15) is 0 Å². The Hall–Kier alpha value is -0.260. The predicted molar refractivity (Wildman–Crippen MR) is 43.8 cm³/mol. The normalized spacial score (nSPS) is 37.2. The van der Waals surface area contributed by atoms with Crippen molar-refractivity contribution >= 4 is 0 Å². The van der Waals surface area contributed by atoms with E-state index in [9.17, 15) is 0 Å². The van der Waals surface area contributed by atoms with E-state index in [0.29, 0.717) is 5.41 Å². The molecule has 0 amide bonds. The molecule has 0 saturated heterocycles. The number of rotatable bonds is 1. The van der Waals surface area contributed by atoms with Crippen LogP contribution in [0, 0.1) is 11.3 Å². The average Bonchev–Trinajstić information content (AvgIpc) is 2.52. The molecule has 2 aliphatic carbocycles. The molecule has 1 unspecified atom stereocenters. The Morgan fingerprint density at radius 1 is 1.40 bits per heavy atom. The number of hydrogen-bond donors (Lipinski definition) is 0. The average molecular weight is 136 g/mol. The highest BCUT2D eigenvalue weighted by Crippen LogP contribution is 2.66. The zero-order valence-electron chi connectivity index (χ0n) is 7.20. The fourth-order valence-electron chi connectivity index (χ4n) is 2.49. The highest BCUT2D eigenvalue weighted by Gasteiger charge is 2.54. The van der Waals surface area contributed by atoms with E-state index in [-0.39, 0.29) is 0 Å². The smallest absolute Gasteiger partial charge is 0.00218 e. The fourth-order valence-corrected chi connectivity index (χ4v) is 2.49. The molecule has 0 aromatic rings. The van der Waals surface area contributed by atoms with Crippen molar-refractivity contribution in [2.24, 2.45) is 11.3 Å². The van der Waals surface area contributed by atoms with E-state index in [0.717, 1.165) is 5.92 Å². The van der Waals surface area contributed by atoms with Crippen molar-refractivity contribution in [3.8, 4) is 0 Å². The summed E-state index contributed by atoms with van der Waals surface area (Å²) in [5, 5.41) is 0. The van der Waals surface area contributed by atoms with Gasteiger partial charge in [-0.05, 0) is 37.5 Å². The molecule has 1 fully saturated rings. The first-order valence-electron chi connectivity index (χ1n) is 4.36. The fraction of sp³-hybridized carbons (Fsp3) is 0.800. The molecule has 0 aromatic carbocycles. The van der Waals surface area contributed by atoms with E-state index in [1.54, 1.807) is 5.57 Å². The summed E-state index contributed by atoms with van der Waals surface area (Å²) >= 11 is 0. The highest BCUT2D eigenvalue weighted by atomic mass is 14.6. The Kier molecular flexibility index (Phi) is 1.07. The quantitative estimate of drug-likeness (QED) is 0.486. The van der Waals surface area contributed by atoms with Gasteiger partial charge in [0.1, 0.15) is 0 Å². The van der Waals surface area contributed by atoms with Crippen LogP contribution in [-0.2, 0) is 0 Å². The van der Waals surface area contributed by atoms with Gasteiger partial charge in [0.05, 0.1) is 0 Å². The van der Waals surface area contributed by atoms with Crippen LogP contribution in [0.3, 0.4) is 0 Å². The summed E-state index contributed by atoms with van der Waals surface area (Å²) in [6.45, 7) is 7.05. The summed E-state index contributed by atoms with van der Waals surface area (Å²) in [7, 11) is 0. The van der Waals surface area contributed by atoms with Gasteiger partial charge >= 0.3 is 0 Å². The van der Waals surface area contributed by atoms with Crippen LogP contribution in [-0.4, -0.2) is 0 Å². The lowest BCUT2D eigenvalue weighted by molar-refractivity contribution is 0.367. The van der Waals surface area contributed by atoms with E-state index < -0.39 is 0 Å². The molecule has 1 saturated carbocycles. The van der Waals surface area contributed by atoms with Crippen molar-refractivity contribution in [2.75, 3.05) is 0 Å². The third kappa shape index (κ3) is 0.574. The second-order valence-electron chi connectivity index (χ2n) is 4.25.